The average molecular weight is 511 g/mol. The van der Waals surface area contributed by atoms with Crippen LogP contribution in [0.25, 0.3) is 0 Å². The first kappa shape index (κ1) is 21.9. The summed E-state index contributed by atoms with van der Waals surface area (Å²) in [7, 11) is 0. The maximum absolute atomic E-state index is 5.72. The summed E-state index contributed by atoms with van der Waals surface area (Å²) in [5.74, 6) is 2.87. The molecule has 8 heteroatoms. The Morgan fingerprint density at radius 1 is 1.24 bits per heavy atom. The second-order valence-electron chi connectivity index (χ2n) is 7.34. The molecule has 2 saturated heterocycles. The predicted molar refractivity (Wildman–Crippen MR) is 125 cm³/mol. The van der Waals surface area contributed by atoms with E-state index in [9.17, 15) is 0 Å². The van der Waals surface area contributed by atoms with Gasteiger partial charge in [-0.25, -0.2) is 4.98 Å². The Labute approximate surface area is 189 Å². The van der Waals surface area contributed by atoms with Gasteiger partial charge in [-0.1, -0.05) is 6.07 Å². The Balaban J connectivity index is 0.00000240. The molecule has 0 saturated carbocycles. The van der Waals surface area contributed by atoms with Gasteiger partial charge in [0.05, 0.1) is 18.9 Å². The van der Waals surface area contributed by atoms with E-state index in [2.05, 4.69) is 26.6 Å². The van der Waals surface area contributed by atoms with Gasteiger partial charge in [0.25, 0.3) is 0 Å². The van der Waals surface area contributed by atoms with Gasteiger partial charge < -0.3 is 24.7 Å². The standard InChI is InChI=1S/C21H29N5O2.HI/c1-2-10-22-20(7-1)26-12-9-17(16-26)25-21(24-15-19-6-4-14-28-19)23-11-8-18-5-3-13-27-18;/h1-3,5,7,10,13,17,19H,4,6,8-9,11-12,14-16H2,(H2,23,24,25);1H. The molecule has 0 spiro atoms. The normalized spacial score (nSPS) is 21.8. The number of aromatic nitrogens is 1. The molecule has 4 heterocycles. The van der Waals surface area contributed by atoms with Gasteiger partial charge in [-0.05, 0) is 43.5 Å². The van der Waals surface area contributed by atoms with Crippen LogP contribution in [0.2, 0.25) is 0 Å². The second kappa shape index (κ2) is 11.4. The maximum atomic E-state index is 5.72. The molecule has 2 unspecified atom stereocenters. The summed E-state index contributed by atoms with van der Waals surface area (Å²) in [4.78, 5) is 11.6. The van der Waals surface area contributed by atoms with Crippen LogP contribution in [0.15, 0.2) is 52.2 Å². The fraction of sp³-hybridized carbons (Fsp3) is 0.524. The molecule has 2 aliphatic heterocycles. The Morgan fingerprint density at radius 2 is 2.21 bits per heavy atom. The number of guanidine groups is 1. The molecule has 2 aliphatic rings. The van der Waals surface area contributed by atoms with Crippen molar-refractivity contribution in [3.8, 4) is 0 Å². The number of halogens is 1. The van der Waals surface area contributed by atoms with Crippen molar-refractivity contribution in [3.05, 3.63) is 48.6 Å². The average Bonchev–Trinajstić information content (AvgIpc) is 3.49. The van der Waals surface area contributed by atoms with Crippen LogP contribution in [-0.2, 0) is 11.2 Å². The van der Waals surface area contributed by atoms with Crippen LogP contribution in [0.1, 0.15) is 25.0 Å². The first-order valence-electron chi connectivity index (χ1n) is 10.2. The Kier molecular flexibility index (Phi) is 8.60. The zero-order valence-corrected chi connectivity index (χ0v) is 19.0. The third-order valence-corrected chi connectivity index (χ3v) is 5.22. The van der Waals surface area contributed by atoms with Gasteiger partial charge >= 0.3 is 0 Å². The topological polar surface area (TPSA) is 74.9 Å². The molecule has 2 atom stereocenters. The van der Waals surface area contributed by atoms with Crippen molar-refractivity contribution in [1.82, 2.24) is 15.6 Å². The van der Waals surface area contributed by atoms with Crippen LogP contribution >= 0.6 is 24.0 Å². The number of hydrogen-bond donors (Lipinski definition) is 2. The van der Waals surface area contributed by atoms with E-state index in [0.29, 0.717) is 12.6 Å². The molecule has 2 fully saturated rings. The minimum Gasteiger partial charge on any atom is -0.469 e. The van der Waals surface area contributed by atoms with Crippen LogP contribution in [-0.4, -0.2) is 55.9 Å². The van der Waals surface area contributed by atoms with Gasteiger partial charge in [0.15, 0.2) is 5.96 Å². The summed E-state index contributed by atoms with van der Waals surface area (Å²) in [6, 6.07) is 10.3. The van der Waals surface area contributed by atoms with Crippen molar-refractivity contribution < 1.29 is 9.15 Å². The highest BCUT2D eigenvalue weighted by Gasteiger charge is 2.24. The number of nitrogens with zero attached hydrogens (tertiary/aromatic N) is 3. The molecule has 2 N–H and O–H groups in total. The van der Waals surface area contributed by atoms with Gasteiger partial charge in [-0.3, -0.25) is 4.99 Å². The number of rotatable bonds is 7. The Bertz CT molecular complexity index is 735. The van der Waals surface area contributed by atoms with E-state index in [-0.39, 0.29) is 30.1 Å². The van der Waals surface area contributed by atoms with Crippen LogP contribution in [0.5, 0.6) is 0 Å². The Morgan fingerprint density at radius 3 is 2.97 bits per heavy atom. The maximum Gasteiger partial charge on any atom is 0.191 e. The summed E-state index contributed by atoms with van der Waals surface area (Å²) in [5.41, 5.74) is 0. The molecule has 2 aromatic heterocycles. The zero-order valence-electron chi connectivity index (χ0n) is 16.6. The molecule has 0 radical (unpaired) electrons. The quantitative estimate of drug-likeness (QED) is 0.339. The fourth-order valence-electron chi connectivity index (χ4n) is 3.71. The summed E-state index contributed by atoms with van der Waals surface area (Å²) < 4.78 is 11.1. The van der Waals surface area contributed by atoms with E-state index in [1.807, 2.05) is 30.5 Å². The number of furan rings is 1. The number of nitrogens with one attached hydrogen (secondary N) is 2. The molecule has 29 heavy (non-hydrogen) atoms. The third kappa shape index (κ3) is 6.60. The highest BCUT2D eigenvalue weighted by Crippen LogP contribution is 2.17. The van der Waals surface area contributed by atoms with E-state index < -0.39 is 0 Å². The second-order valence-corrected chi connectivity index (χ2v) is 7.34. The highest BCUT2D eigenvalue weighted by atomic mass is 127. The minimum absolute atomic E-state index is 0. The van der Waals surface area contributed by atoms with E-state index >= 15 is 0 Å². The van der Waals surface area contributed by atoms with Crippen LogP contribution < -0.4 is 15.5 Å². The lowest BCUT2D eigenvalue weighted by molar-refractivity contribution is 0.117. The van der Waals surface area contributed by atoms with Gasteiger partial charge in [0.1, 0.15) is 11.6 Å². The fourth-order valence-corrected chi connectivity index (χ4v) is 3.71. The lowest BCUT2D eigenvalue weighted by Gasteiger charge is -2.20. The smallest absolute Gasteiger partial charge is 0.191 e. The van der Waals surface area contributed by atoms with Crippen molar-refractivity contribution in [3.63, 3.8) is 0 Å². The van der Waals surface area contributed by atoms with Gasteiger partial charge in [0.2, 0.25) is 0 Å². The Hall–Kier alpha value is -1.81. The number of anilines is 1. The molecule has 0 aromatic carbocycles. The third-order valence-electron chi connectivity index (χ3n) is 5.22. The summed E-state index contributed by atoms with van der Waals surface area (Å²) in [5, 5.41) is 7.06. The lowest BCUT2D eigenvalue weighted by Crippen LogP contribution is -2.45. The summed E-state index contributed by atoms with van der Waals surface area (Å²) >= 11 is 0. The molecular formula is C21H30IN5O2. The first-order valence-corrected chi connectivity index (χ1v) is 10.2. The van der Waals surface area contributed by atoms with Crippen molar-refractivity contribution >= 4 is 35.8 Å². The van der Waals surface area contributed by atoms with E-state index in [1.54, 1.807) is 6.26 Å². The van der Waals surface area contributed by atoms with E-state index in [4.69, 9.17) is 14.1 Å². The number of ether oxygens (including phenoxy) is 1. The molecular weight excluding hydrogens is 481 g/mol. The molecule has 0 aliphatic carbocycles. The van der Waals surface area contributed by atoms with E-state index in [0.717, 1.165) is 69.5 Å². The van der Waals surface area contributed by atoms with Crippen LogP contribution in [0, 0.1) is 0 Å². The van der Waals surface area contributed by atoms with Gasteiger partial charge in [-0.2, -0.15) is 0 Å². The summed E-state index contributed by atoms with van der Waals surface area (Å²) in [6.07, 6.45) is 7.94. The van der Waals surface area contributed by atoms with Crippen LogP contribution in [0.3, 0.4) is 0 Å². The van der Waals surface area contributed by atoms with E-state index in [1.165, 1.54) is 0 Å². The molecule has 0 bridgehead atoms. The summed E-state index contributed by atoms with van der Waals surface area (Å²) in [6.45, 7) is 4.26. The monoisotopic (exact) mass is 511 g/mol. The molecule has 158 valence electrons. The van der Waals surface area contributed by atoms with Gasteiger partial charge in [0, 0.05) is 44.9 Å². The first-order chi connectivity index (χ1) is 13.9. The largest absolute Gasteiger partial charge is 0.469 e. The number of aliphatic imine (C=N–C) groups is 1. The highest BCUT2D eigenvalue weighted by molar-refractivity contribution is 14.0. The van der Waals surface area contributed by atoms with Gasteiger partial charge in [-0.15, -0.1) is 24.0 Å². The van der Waals surface area contributed by atoms with Crippen molar-refractivity contribution in [2.45, 2.75) is 37.8 Å². The van der Waals surface area contributed by atoms with Crippen molar-refractivity contribution in [2.24, 2.45) is 4.99 Å². The zero-order chi connectivity index (χ0) is 19.0. The SMILES string of the molecule is I.c1ccc(N2CCC(NC(=NCC3CCCO3)NCCc3ccco3)C2)nc1. The molecule has 4 rings (SSSR count). The number of pyridine rings is 1. The van der Waals surface area contributed by atoms with Crippen LogP contribution in [0.4, 0.5) is 5.82 Å². The molecule has 0 amide bonds. The molecule has 2 aromatic rings. The van der Waals surface area contributed by atoms with Crippen molar-refractivity contribution in [2.75, 3.05) is 37.7 Å². The lowest BCUT2D eigenvalue weighted by atomic mass is 10.2. The molecule has 7 nitrogen and oxygen atoms in total. The minimum atomic E-state index is 0. The van der Waals surface area contributed by atoms with Crippen molar-refractivity contribution in [1.29, 1.82) is 0 Å². The predicted octanol–water partition coefficient (Wildman–Crippen LogP) is 2.83. The number of hydrogen-bond acceptors (Lipinski definition) is 5.